The van der Waals surface area contributed by atoms with Gasteiger partial charge in [-0.3, -0.25) is 4.79 Å². The number of aromatic hydroxyl groups is 2. The van der Waals surface area contributed by atoms with Crippen molar-refractivity contribution >= 4 is 12.0 Å². The maximum atomic E-state index is 13.0. The number of amides is 1. The first kappa shape index (κ1) is 19.9. The Labute approximate surface area is 167 Å². The molecule has 0 saturated heterocycles. The number of rotatable bonds is 6. The molecule has 3 N–H and O–H groups in total. The maximum Gasteiger partial charge on any atom is 0.244 e. The van der Waals surface area contributed by atoms with Crippen molar-refractivity contribution in [2.24, 2.45) is 0 Å². The van der Waals surface area contributed by atoms with Gasteiger partial charge >= 0.3 is 0 Å². The Hall–Kier alpha value is -3.80. The number of phenolic OH excluding ortho intramolecular Hbond substituents is 2. The summed E-state index contributed by atoms with van der Waals surface area (Å²) in [6.07, 6.45) is 2.97. The third-order valence-electron chi connectivity index (χ3n) is 4.20. The van der Waals surface area contributed by atoms with Gasteiger partial charge in [-0.25, -0.2) is 4.39 Å². The second-order valence-corrected chi connectivity index (χ2v) is 6.44. The van der Waals surface area contributed by atoms with Crippen LogP contribution in [0.4, 0.5) is 4.39 Å². The topological polar surface area (TPSA) is 78.8 Å². The van der Waals surface area contributed by atoms with Crippen LogP contribution in [0.5, 0.6) is 23.0 Å². The van der Waals surface area contributed by atoms with Crippen molar-refractivity contribution in [2.45, 2.75) is 13.0 Å². The largest absolute Gasteiger partial charge is 0.508 e. The van der Waals surface area contributed by atoms with Crippen molar-refractivity contribution in [3.8, 4) is 23.0 Å². The number of carbonyl (C=O) groups excluding carboxylic acids is 1. The van der Waals surface area contributed by atoms with E-state index in [2.05, 4.69) is 5.32 Å². The van der Waals surface area contributed by atoms with E-state index in [9.17, 15) is 19.4 Å². The summed E-state index contributed by atoms with van der Waals surface area (Å²) in [5, 5.41) is 22.1. The van der Waals surface area contributed by atoms with E-state index in [1.807, 2.05) is 6.92 Å². The molecule has 0 heterocycles. The number of hydrogen-bond donors (Lipinski definition) is 3. The van der Waals surface area contributed by atoms with Crippen LogP contribution in [0, 0.1) is 5.82 Å². The van der Waals surface area contributed by atoms with Gasteiger partial charge in [0.1, 0.15) is 17.3 Å². The Morgan fingerprint density at radius 2 is 1.72 bits per heavy atom. The van der Waals surface area contributed by atoms with E-state index >= 15 is 0 Å². The lowest BCUT2D eigenvalue weighted by molar-refractivity contribution is -0.117. The number of benzene rings is 3. The van der Waals surface area contributed by atoms with E-state index in [4.69, 9.17) is 4.74 Å². The number of carbonyl (C=O) groups is 1. The van der Waals surface area contributed by atoms with Crippen molar-refractivity contribution in [1.29, 1.82) is 0 Å². The van der Waals surface area contributed by atoms with Crippen LogP contribution in [-0.2, 0) is 4.79 Å². The summed E-state index contributed by atoms with van der Waals surface area (Å²) >= 11 is 0. The predicted octanol–water partition coefficient (Wildman–Crippen LogP) is 4.92. The van der Waals surface area contributed by atoms with Crippen LogP contribution >= 0.6 is 0 Å². The summed E-state index contributed by atoms with van der Waals surface area (Å²) in [5.74, 6) is -0.0135. The molecule has 0 aliphatic carbocycles. The summed E-state index contributed by atoms with van der Waals surface area (Å²) < 4.78 is 18.6. The molecule has 1 atom stereocenters. The highest BCUT2D eigenvalue weighted by atomic mass is 19.1. The van der Waals surface area contributed by atoms with Crippen molar-refractivity contribution in [3.63, 3.8) is 0 Å². The quantitative estimate of drug-likeness (QED) is 0.520. The van der Waals surface area contributed by atoms with E-state index in [-0.39, 0.29) is 35.0 Å². The summed E-state index contributed by atoms with van der Waals surface area (Å²) in [6, 6.07) is 16.5. The fourth-order valence-corrected chi connectivity index (χ4v) is 2.63. The summed E-state index contributed by atoms with van der Waals surface area (Å²) in [4.78, 5) is 12.2. The Morgan fingerprint density at radius 3 is 2.41 bits per heavy atom. The van der Waals surface area contributed by atoms with Gasteiger partial charge in [0.05, 0.1) is 6.04 Å². The molecule has 0 bridgehead atoms. The fraction of sp³-hybridized carbons (Fsp3) is 0.0870. The van der Waals surface area contributed by atoms with E-state index in [1.165, 1.54) is 36.4 Å². The molecule has 1 unspecified atom stereocenters. The van der Waals surface area contributed by atoms with Crippen LogP contribution in [0.25, 0.3) is 6.08 Å². The first-order chi connectivity index (χ1) is 13.9. The number of halogens is 1. The van der Waals surface area contributed by atoms with E-state index < -0.39 is 0 Å². The predicted molar refractivity (Wildman–Crippen MR) is 108 cm³/mol. The molecule has 6 heteroatoms. The first-order valence-electron chi connectivity index (χ1n) is 8.94. The van der Waals surface area contributed by atoms with Crippen LogP contribution in [0.1, 0.15) is 24.1 Å². The SMILES string of the molecule is CC(NC(=O)/C=C/c1ccc(O)c(Oc2ccc(F)cc2)c1)c1ccc(O)cc1. The molecule has 0 spiro atoms. The number of ether oxygens (including phenoxy) is 1. The molecule has 0 radical (unpaired) electrons. The first-order valence-corrected chi connectivity index (χ1v) is 8.94. The highest BCUT2D eigenvalue weighted by Crippen LogP contribution is 2.32. The zero-order valence-electron chi connectivity index (χ0n) is 15.7. The van der Waals surface area contributed by atoms with Gasteiger partial charge in [-0.2, -0.15) is 0 Å². The van der Waals surface area contributed by atoms with E-state index in [0.717, 1.165) is 5.56 Å². The second-order valence-electron chi connectivity index (χ2n) is 6.44. The van der Waals surface area contributed by atoms with Gasteiger partial charge in [-0.05, 0) is 72.7 Å². The smallest absolute Gasteiger partial charge is 0.244 e. The molecule has 148 valence electrons. The van der Waals surface area contributed by atoms with Gasteiger partial charge in [0.25, 0.3) is 0 Å². The highest BCUT2D eigenvalue weighted by Gasteiger charge is 2.08. The minimum absolute atomic E-state index is 0.0723. The Kier molecular flexibility index (Phi) is 6.14. The monoisotopic (exact) mass is 393 g/mol. The molecule has 3 aromatic carbocycles. The van der Waals surface area contributed by atoms with E-state index in [0.29, 0.717) is 11.3 Å². The molecule has 5 nitrogen and oxygen atoms in total. The standard InChI is InChI=1S/C23H20FNO4/c1-15(17-4-8-19(26)9-5-17)25-23(28)13-3-16-2-12-21(27)22(14-16)29-20-10-6-18(24)7-11-20/h2-15,26-27H,1H3,(H,25,28)/b13-3+. The van der Waals surface area contributed by atoms with Gasteiger partial charge in [0, 0.05) is 6.08 Å². The molecule has 0 saturated carbocycles. The Bertz CT molecular complexity index is 1010. The third-order valence-corrected chi connectivity index (χ3v) is 4.20. The molecule has 0 aromatic heterocycles. The fourth-order valence-electron chi connectivity index (χ4n) is 2.63. The lowest BCUT2D eigenvalue weighted by atomic mass is 10.1. The van der Waals surface area contributed by atoms with Crippen molar-refractivity contribution < 1.29 is 24.1 Å². The van der Waals surface area contributed by atoms with Gasteiger partial charge in [0.15, 0.2) is 11.5 Å². The van der Waals surface area contributed by atoms with Crippen LogP contribution < -0.4 is 10.1 Å². The molecule has 3 aromatic rings. The van der Waals surface area contributed by atoms with Crippen molar-refractivity contribution in [3.05, 3.63) is 89.8 Å². The molecule has 0 aliphatic heterocycles. The number of nitrogens with one attached hydrogen (secondary N) is 1. The lowest BCUT2D eigenvalue weighted by Gasteiger charge is -2.13. The molecule has 29 heavy (non-hydrogen) atoms. The van der Waals surface area contributed by atoms with Crippen molar-refractivity contribution in [1.82, 2.24) is 5.32 Å². The van der Waals surface area contributed by atoms with Crippen LogP contribution in [-0.4, -0.2) is 16.1 Å². The lowest BCUT2D eigenvalue weighted by Crippen LogP contribution is -2.24. The zero-order chi connectivity index (χ0) is 20.8. The second kappa shape index (κ2) is 8.93. The van der Waals surface area contributed by atoms with Gasteiger partial charge in [-0.15, -0.1) is 0 Å². The van der Waals surface area contributed by atoms with Crippen LogP contribution in [0.15, 0.2) is 72.8 Å². The van der Waals surface area contributed by atoms with Crippen LogP contribution in [0.2, 0.25) is 0 Å². The number of phenols is 2. The number of hydrogen-bond acceptors (Lipinski definition) is 4. The van der Waals surface area contributed by atoms with Crippen LogP contribution in [0.3, 0.4) is 0 Å². The molecule has 0 aliphatic rings. The Morgan fingerprint density at radius 1 is 1.03 bits per heavy atom. The average Bonchev–Trinajstić information content (AvgIpc) is 2.70. The highest BCUT2D eigenvalue weighted by molar-refractivity contribution is 5.92. The molecule has 0 fully saturated rings. The summed E-state index contributed by atoms with van der Waals surface area (Å²) in [7, 11) is 0. The van der Waals surface area contributed by atoms with Crippen molar-refractivity contribution in [2.75, 3.05) is 0 Å². The van der Waals surface area contributed by atoms with Gasteiger partial charge < -0.3 is 20.3 Å². The molecule has 1 amide bonds. The summed E-state index contributed by atoms with van der Waals surface area (Å²) in [6.45, 7) is 1.84. The van der Waals surface area contributed by atoms with E-state index in [1.54, 1.807) is 42.5 Å². The maximum absolute atomic E-state index is 13.0. The average molecular weight is 393 g/mol. The van der Waals surface area contributed by atoms with Gasteiger partial charge in [-0.1, -0.05) is 18.2 Å². The van der Waals surface area contributed by atoms with Gasteiger partial charge in [0.2, 0.25) is 5.91 Å². The molecular weight excluding hydrogens is 373 g/mol. The summed E-state index contributed by atoms with van der Waals surface area (Å²) in [5.41, 5.74) is 1.51. The molecule has 3 rings (SSSR count). The minimum Gasteiger partial charge on any atom is -0.508 e. The zero-order valence-corrected chi connectivity index (χ0v) is 15.7. The molecular formula is C23H20FNO4. The third kappa shape index (κ3) is 5.59. The normalized spacial score (nSPS) is 11.9. The minimum atomic E-state index is -0.384. The Balaban J connectivity index is 1.65.